The lowest BCUT2D eigenvalue weighted by atomic mass is 9.64. The Hall–Kier alpha value is -4.43. The molecule has 7 aromatic rings. The summed E-state index contributed by atoms with van der Waals surface area (Å²) in [6, 6.07) is 36.2. The zero-order valence-electron chi connectivity index (χ0n) is 24.3. The predicted molar refractivity (Wildman–Crippen MR) is 194 cm³/mol. The summed E-state index contributed by atoms with van der Waals surface area (Å²) in [5.74, 6) is 0. The minimum Gasteiger partial charge on any atom is -0.456 e. The number of hydrogen-bond acceptors (Lipinski definition) is 1. The molecule has 0 atom stereocenters. The van der Waals surface area contributed by atoms with Crippen LogP contribution in [0.25, 0.3) is 44.2 Å². The molecule has 0 saturated heterocycles. The van der Waals surface area contributed by atoms with Gasteiger partial charge in [0.1, 0.15) is 66.1 Å². The molecule has 1 nitrogen and oxygen atoms in total. The monoisotopic (exact) mass is 554 g/mol. The van der Waals surface area contributed by atoms with Crippen molar-refractivity contribution in [1.29, 1.82) is 0 Å². The van der Waals surface area contributed by atoms with Crippen molar-refractivity contribution >= 4 is 115 Å². The summed E-state index contributed by atoms with van der Waals surface area (Å²) >= 11 is 0. The molecule has 8 heteroatoms. The van der Waals surface area contributed by atoms with E-state index in [0.29, 0.717) is 27.4 Å². The topological polar surface area (TPSA) is 13.1 Å². The van der Waals surface area contributed by atoms with Crippen molar-refractivity contribution in [3.8, 4) is 22.3 Å². The number of benzene rings is 6. The van der Waals surface area contributed by atoms with Crippen molar-refractivity contribution in [2.45, 2.75) is 5.41 Å². The molecule has 0 aliphatic heterocycles. The third-order valence-electron chi connectivity index (χ3n) is 9.40. The fraction of sp³-hybridized carbons (Fsp3) is 0.0270. The van der Waals surface area contributed by atoms with Crippen molar-refractivity contribution in [3.05, 3.63) is 125 Å². The molecule has 0 N–H and O–H groups in total. The van der Waals surface area contributed by atoms with Crippen LogP contribution < -0.4 is 38.2 Å². The summed E-state index contributed by atoms with van der Waals surface area (Å²) in [6.45, 7) is 0. The maximum atomic E-state index is 6.67. The lowest BCUT2D eigenvalue weighted by molar-refractivity contribution is 0.673. The van der Waals surface area contributed by atoms with Crippen LogP contribution in [0.5, 0.6) is 0 Å². The van der Waals surface area contributed by atoms with Gasteiger partial charge in [0, 0.05) is 16.3 Å². The summed E-state index contributed by atoms with van der Waals surface area (Å²) in [5, 5.41) is 0.949. The Kier molecular flexibility index (Phi) is 6.27. The molecule has 1 aliphatic carbocycles. The van der Waals surface area contributed by atoms with Crippen LogP contribution in [-0.4, -0.2) is 54.9 Å². The Morgan fingerprint density at radius 2 is 0.867 bits per heavy atom. The van der Waals surface area contributed by atoms with Crippen molar-refractivity contribution in [3.63, 3.8) is 0 Å². The van der Waals surface area contributed by atoms with Crippen molar-refractivity contribution in [2.24, 2.45) is 0 Å². The number of furan rings is 1. The molecule has 0 spiro atoms. The number of fused-ring (bicyclic) bond motifs is 6. The maximum Gasteiger partial charge on any atom is 0.141 e. The summed E-state index contributed by atoms with van der Waals surface area (Å²) in [6.07, 6.45) is 0. The van der Waals surface area contributed by atoms with E-state index in [0.717, 1.165) is 11.1 Å². The largest absolute Gasteiger partial charge is 0.456 e. The van der Waals surface area contributed by atoms with E-state index in [4.69, 9.17) is 59.3 Å². The van der Waals surface area contributed by atoms with Crippen molar-refractivity contribution in [1.82, 2.24) is 0 Å². The average Bonchev–Trinajstić information content (AvgIpc) is 3.62. The van der Waals surface area contributed by atoms with Crippen LogP contribution in [-0.2, 0) is 5.41 Å². The first kappa shape index (κ1) is 28.1. The second-order valence-electron chi connectivity index (χ2n) is 11.6. The van der Waals surface area contributed by atoms with Crippen molar-refractivity contribution < 1.29 is 4.42 Å². The van der Waals surface area contributed by atoms with Gasteiger partial charge in [0.15, 0.2) is 0 Å². The molecule has 45 heavy (non-hydrogen) atoms. The molecule has 0 saturated carbocycles. The average molecular weight is 553 g/mol. The van der Waals surface area contributed by atoms with Gasteiger partial charge in [-0.3, -0.25) is 0 Å². The van der Waals surface area contributed by atoms with Gasteiger partial charge in [-0.05, 0) is 38.9 Å². The highest BCUT2D eigenvalue weighted by atomic mass is 16.3. The Morgan fingerprint density at radius 1 is 0.400 bits per heavy atom. The Balaban J connectivity index is 1.41. The molecule has 14 radical (unpaired) electrons. The van der Waals surface area contributed by atoms with Gasteiger partial charge in [0.25, 0.3) is 0 Å². The molecule has 6 aromatic carbocycles. The standard InChI is InChI=1S/C37H17B7O/c38-28-25(35-26(29(39)31(28)41)27-30(40)32(42)33(43)34(44)36(27)45-35)18-14-16-20(17-15-18)37(19-8-2-1-3-9-19)23-12-6-4-10-21(23)22-11-5-7-13-24(22)37/h1-17H. The fourth-order valence-electron chi connectivity index (χ4n) is 7.28. The van der Waals surface area contributed by atoms with Crippen LogP contribution in [0.3, 0.4) is 0 Å². The van der Waals surface area contributed by atoms with E-state index in [1.54, 1.807) is 0 Å². The quantitative estimate of drug-likeness (QED) is 0.300. The molecule has 0 fully saturated rings. The molecule has 1 heterocycles. The van der Waals surface area contributed by atoms with Gasteiger partial charge in [0.2, 0.25) is 0 Å². The molecule has 1 aliphatic rings. The minimum absolute atomic E-state index is 0.146. The van der Waals surface area contributed by atoms with Gasteiger partial charge in [-0.15, -0.1) is 16.4 Å². The smallest absolute Gasteiger partial charge is 0.141 e. The van der Waals surface area contributed by atoms with Gasteiger partial charge < -0.3 is 4.42 Å². The second-order valence-corrected chi connectivity index (χ2v) is 11.6. The van der Waals surface area contributed by atoms with E-state index in [1.807, 2.05) is 18.2 Å². The molecule has 0 unspecified atom stereocenters. The van der Waals surface area contributed by atoms with E-state index < -0.39 is 5.41 Å². The molecular weight excluding hydrogens is 536 g/mol. The zero-order chi connectivity index (χ0) is 31.2. The Labute approximate surface area is 271 Å². The number of hydrogen-bond donors (Lipinski definition) is 0. The van der Waals surface area contributed by atoms with Crippen LogP contribution in [0.4, 0.5) is 0 Å². The van der Waals surface area contributed by atoms with E-state index in [1.165, 1.54) is 27.8 Å². The highest BCUT2D eigenvalue weighted by Gasteiger charge is 2.45. The Bertz CT molecular complexity index is 2300. The molecule has 0 amide bonds. The van der Waals surface area contributed by atoms with Crippen LogP contribution in [0.15, 0.2) is 108 Å². The highest BCUT2D eigenvalue weighted by Crippen LogP contribution is 2.56. The van der Waals surface area contributed by atoms with E-state index in [9.17, 15) is 0 Å². The lowest BCUT2D eigenvalue weighted by Crippen LogP contribution is -2.47. The zero-order valence-corrected chi connectivity index (χ0v) is 24.3. The summed E-state index contributed by atoms with van der Waals surface area (Å²) in [7, 11) is 44.8. The highest BCUT2D eigenvalue weighted by molar-refractivity contribution is 6.69. The number of rotatable bonds is 3. The first-order chi connectivity index (χ1) is 21.8. The minimum atomic E-state index is -0.536. The van der Waals surface area contributed by atoms with E-state index in [-0.39, 0.29) is 38.4 Å². The van der Waals surface area contributed by atoms with Crippen LogP contribution in [0.1, 0.15) is 22.3 Å². The molecule has 1 aromatic heterocycles. The normalized spacial score (nSPS) is 13.2. The first-order valence-electron chi connectivity index (χ1n) is 14.6. The fourth-order valence-corrected chi connectivity index (χ4v) is 7.28. The van der Waals surface area contributed by atoms with Gasteiger partial charge in [-0.25, -0.2) is 0 Å². The van der Waals surface area contributed by atoms with Crippen LogP contribution in [0, 0.1) is 0 Å². The molecular formula is C37H17B7O. The van der Waals surface area contributed by atoms with Gasteiger partial charge in [-0.2, -0.15) is 0 Å². The van der Waals surface area contributed by atoms with E-state index >= 15 is 0 Å². The molecule has 8 rings (SSSR count). The van der Waals surface area contributed by atoms with Crippen LogP contribution >= 0.6 is 0 Å². The third kappa shape index (κ3) is 3.66. The van der Waals surface area contributed by atoms with E-state index in [2.05, 4.69) is 84.9 Å². The third-order valence-corrected chi connectivity index (χ3v) is 9.40. The summed E-state index contributed by atoms with van der Waals surface area (Å²) in [4.78, 5) is 0. The predicted octanol–water partition coefficient (Wildman–Crippen LogP) is 1.17. The first-order valence-corrected chi connectivity index (χ1v) is 14.6. The Morgan fingerprint density at radius 3 is 1.47 bits per heavy atom. The molecule has 0 bridgehead atoms. The summed E-state index contributed by atoms with van der Waals surface area (Å²) < 4.78 is 6.36. The van der Waals surface area contributed by atoms with Crippen molar-refractivity contribution in [2.75, 3.05) is 0 Å². The van der Waals surface area contributed by atoms with Gasteiger partial charge >= 0.3 is 0 Å². The van der Waals surface area contributed by atoms with Gasteiger partial charge in [-0.1, -0.05) is 125 Å². The van der Waals surface area contributed by atoms with Gasteiger partial charge in [0.05, 0.1) is 5.41 Å². The molecule has 192 valence electrons. The van der Waals surface area contributed by atoms with Crippen LogP contribution in [0.2, 0.25) is 0 Å². The summed E-state index contributed by atoms with van der Waals surface area (Å²) in [5.41, 5.74) is 10.1. The maximum absolute atomic E-state index is 6.67. The second kappa shape index (κ2) is 10.0. The lowest BCUT2D eigenvalue weighted by Gasteiger charge is -2.34. The SMILES string of the molecule is [B]c1c([B])c([B])c2c(oc3c(-c4ccc(C5(c6ccccc6)c6ccccc6-c6ccccc65)cc4)c([B])c([B])c([B])c32)c1[B].